The summed E-state index contributed by atoms with van der Waals surface area (Å²) in [5.41, 5.74) is 0.809. The Morgan fingerprint density at radius 2 is 1.96 bits per heavy atom. The van der Waals surface area contributed by atoms with Crippen molar-refractivity contribution >= 4 is 35.1 Å². The Morgan fingerprint density at radius 3 is 2.61 bits per heavy atom. The van der Waals surface area contributed by atoms with Gasteiger partial charge in [-0.2, -0.15) is 0 Å². The second kappa shape index (κ2) is 9.31. The average Bonchev–Trinajstić information content (AvgIpc) is 3.08. The van der Waals surface area contributed by atoms with Gasteiger partial charge in [-0.05, 0) is 24.1 Å². The largest absolute Gasteiger partial charge is 0.392 e. The van der Waals surface area contributed by atoms with Gasteiger partial charge in [0, 0.05) is 46.3 Å². The number of carbonyl (C=O) groups is 2. The molecule has 2 N–H and O–H groups in total. The van der Waals surface area contributed by atoms with Crippen molar-refractivity contribution in [2.75, 3.05) is 46.3 Å². The van der Waals surface area contributed by atoms with Crippen LogP contribution in [0.25, 0.3) is 0 Å². The number of urea groups is 1. The smallest absolute Gasteiger partial charge is 0.317 e. The van der Waals surface area contributed by atoms with Gasteiger partial charge in [-0.15, -0.1) is 0 Å². The molecule has 7 nitrogen and oxygen atoms in total. The molecule has 3 rings (SSSR count). The molecular weight excluding hydrogens is 403 g/mol. The first-order chi connectivity index (χ1) is 13.4. The molecule has 0 aliphatic carbocycles. The molecule has 1 aromatic carbocycles. The average molecular weight is 429 g/mol. The number of β-amino-alcohol motifs (C(OH)–C–C–N with tert-alkyl or cyclic N) is 1. The van der Waals surface area contributed by atoms with E-state index in [1.54, 1.807) is 30.1 Å². The molecule has 2 atom stereocenters. The summed E-state index contributed by atoms with van der Waals surface area (Å²) in [7, 11) is 1.61. The van der Waals surface area contributed by atoms with Crippen molar-refractivity contribution in [3.05, 3.63) is 33.8 Å². The quantitative estimate of drug-likeness (QED) is 0.760. The summed E-state index contributed by atoms with van der Waals surface area (Å²) in [5.74, 6) is -0.000286. The van der Waals surface area contributed by atoms with E-state index in [-0.39, 0.29) is 30.5 Å². The highest BCUT2D eigenvalue weighted by molar-refractivity contribution is 6.42. The zero-order valence-corrected chi connectivity index (χ0v) is 17.4. The Hall–Kier alpha value is -1.54. The van der Waals surface area contributed by atoms with Gasteiger partial charge in [-0.3, -0.25) is 9.69 Å². The maximum Gasteiger partial charge on any atom is 0.317 e. The molecule has 0 saturated carbocycles. The summed E-state index contributed by atoms with van der Waals surface area (Å²) >= 11 is 12.0. The molecule has 9 heteroatoms. The maximum atomic E-state index is 13.0. The number of aliphatic hydroxyl groups is 1. The summed E-state index contributed by atoms with van der Waals surface area (Å²) < 4.78 is 0. The number of nitrogens with one attached hydrogen (secondary N) is 1. The highest BCUT2D eigenvalue weighted by Gasteiger charge is 2.34. The number of likely N-dealkylation sites (tertiary alicyclic amines) is 1. The van der Waals surface area contributed by atoms with Crippen LogP contribution in [0.1, 0.15) is 12.0 Å². The number of hydrogen-bond acceptors (Lipinski definition) is 4. The summed E-state index contributed by atoms with van der Waals surface area (Å²) in [6.07, 6.45) is 0.651. The van der Waals surface area contributed by atoms with Gasteiger partial charge in [0.15, 0.2) is 0 Å². The first kappa shape index (κ1) is 21.2. The number of benzene rings is 1. The number of nitrogens with zero attached hydrogens (tertiary/aromatic N) is 3. The number of halogens is 2. The van der Waals surface area contributed by atoms with Gasteiger partial charge in [-0.1, -0.05) is 29.3 Å². The molecule has 28 heavy (non-hydrogen) atoms. The predicted octanol–water partition coefficient (Wildman–Crippen LogP) is 1.45. The highest BCUT2D eigenvalue weighted by atomic mass is 35.5. The van der Waals surface area contributed by atoms with Gasteiger partial charge in [0.2, 0.25) is 5.91 Å². The molecule has 2 unspecified atom stereocenters. The standard InChI is InChI=1S/C19H26Cl2N4O3/c1-22-19(28)24-6-7-25(14(11-24)10-23-5-4-15(26)12-23)18(27)9-13-2-3-16(20)17(21)8-13/h2-3,8,14-15,26H,4-7,9-12H2,1H3,(H,22,28). The van der Waals surface area contributed by atoms with E-state index in [9.17, 15) is 14.7 Å². The third-order valence-corrected chi connectivity index (χ3v) is 6.10. The Balaban J connectivity index is 1.70. The van der Waals surface area contributed by atoms with Crippen molar-refractivity contribution < 1.29 is 14.7 Å². The van der Waals surface area contributed by atoms with Crippen LogP contribution in [0, 0.1) is 0 Å². The molecule has 2 saturated heterocycles. The lowest BCUT2D eigenvalue weighted by Crippen LogP contribution is -2.61. The van der Waals surface area contributed by atoms with Gasteiger partial charge < -0.3 is 20.2 Å². The highest BCUT2D eigenvalue weighted by Crippen LogP contribution is 2.24. The van der Waals surface area contributed by atoms with Gasteiger partial charge in [-0.25, -0.2) is 4.79 Å². The zero-order chi connectivity index (χ0) is 20.3. The van der Waals surface area contributed by atoms with Gasteiger partial charge in [0.05, 0.1) is 28.6 Å². The summed E-state index contributed by atoms with van der Waals surface area (Å²) in [5, 5.41) is 13.4. The fraction of sp³-hybridized carbons (Fsp3) is 0.579. The molecular formula is C19H26Cl2N4O3. The maximum absolute atomic E-state index is 13.0. The van der Waals surface area contributed by atoms with Crippen molar-refractivity contribution in [1.29, 1.82) is 0 Å². The third kappa shape index (κ3) is 5.08. The molecule has 154 valence electrons. The van der Waals surface area contributed by atoms with E-state index in [2.05, 4.69) is 10.2 Å². The fourth-order valence-corrected chi connectivity index (χ4v) is 4.20. The number of rotatable bonds is 4. The van der Waals surface area contributed by atoms with Crippen LogP contribution in [0.4, 0.5) is 4.79 Å². The normalized spacial score (nSPS) is 23.1. The van der Waals surface area contributed by atoms with E-state index in [1.165, 1.54) is 0 Å². The van der Waals surface area contributed by atoms with E-state index < -0.39 is 0 Å². The zero-order valence-electron chi connectivity index (χ0n) is 15.9. The van der Waals surface area contributed by atoms with E-state index in [0.29, 0.717) is 42.8 Å². The van der Waals surface area contributed by atoms with Crippen LogP contribution in [0.3, 0.4) is 0 Å². The van der Waals surface area contributed by atoms with Gasteiger partial charge in [0.1, 0.15) is 0 Å². The second-order valence-corrected chi connectivity index (χ2v) is 8.18. The Morgan fingerprint density at radius 1 is 1.18 bits per heavy atom. The number of aliphatic hydroxyl groups excluding tert-OH is 1. The minimum Gasteiger partial charge on any atom is -0.392 e. The fourth-order valence-electron chi connectivity index (χ4n) is 3.88. The monoisotopic (exact) mass is 428 g/mol. The molecule has 0 bridgehead atoms. The van der Waals surface area contributed by atoms with Crippen molar-refractivity contribution in [3.8, 4) is 0 Å². The Bertz CT molecular complexity index is 733. The number of amides is 3. The minimum absolute atomic E-state index is 0.000286. The Kier molecular flexibility index (Phi) is 7.04. The minimum atomic E-state index is -0.320. The molecule has 2 heterocycles. The first-order valence-electron chi connectivity index (χ1n) is 9.48. The van der Waals surface area contributed by atoms with E-state index in [4.69, 9.17) is 23.2 Å². The lowest BCUT2D eigenvalue weighted by Gasteiger charge is -2.42. The number of piperazine rings is 1. The summed E-state index contributed by atoms with van der Waals surface area (Å²) in [6.45, 7) is 3.48. The first-order valence-corrected chi connectivity index (χ1v) is 10.2. The topological polar surface area (TPSA) is 76.1 Å². The van der Waals surface area contributed by atoms with Crippen molar-refractivity contribution in [2.45, 2.75) is 25.0 Å². The molecule has 0 spiro atoms. The van der Waals surface area contributed by atoms with E-state index >= 15 is 0 Å². The van der Waals surface area contributed by atoms with Gasteiger partial charge >= 0.3 is 6.03 Å². The molecule has 2 aliphatic rings. The lowest BCUT2D eigenvalue weighted by molar-refractivity contribution is -0.135. The SMILES string of the molecule is CNC(=O)N1CCN(C(=O)Cc2ccc(Cl)c(Cl)c2)C(CN2CCC(O)C2)C1. The lowest BCUT2D eigenvalue weighted by atomic mass is 10.1. The van der Waals surface area contributed by atoms with Crippen LogP contribution in [0.15, 0.2) is 18.2 Å². The van der Waals surface area contributed by atoms with Crippen LogP contribution in [-0.4, -0.2) is 90.2 Å². The Labute approximate surface area is 175 Å². The molecule has 0 aromatic heterocycles. The number of hydrogen-bond donors (Lipinski definition) is 2. The van der Waals surface area contributed by atoms with Crippen molar-refractivity contribution in [1.82, 2.24) is 20.0 Å². The molecule has 2 aliphatic heterocycles. The molecule has 3 amide bonds. The van der Waals surface area contributed by atoms with Crippen molar-refractivity contribution in [2.24, 2.45) is 0 Å². The van der Waals surface area contributed by atoms with Crippen LogP contribution < -0.4 is 5.32 Å². The van der Waals surface area contributed by atoms with Crippen molar-refractivity contribution in [3.63, 3.8) is 0 Å². The van der Waals surface area contributed by atoms with Crippen LogP contribution >= 0.6 is 23.2 Å². The van der Waals surface area contributed by atoms with E-state index in [0.717, 1.165) is 18.5 Å². The predicted molar refractivity (Wildman–Crippen MR) is 109 cm³/mol. The third-order valence-electron chi connectivity index (χ3n) is 5.36. The van der Waals surface area contributed by atoms with Gasteiger partial charge in [0.25, 0.3) is 0 Å². The summed E-state index contributed by atoms with van der Waals surface area (Å²) in [6, 6.07) is 4.96. The summed E-state index contributed by atoms with van der Waals surface area (Å²) in [4.78, 5) is 30.8. The van der Waals surface area contributed by atoms with E-state index in [1.807, 2.05) is 4.90 Å². The van der Waals surface area contributed by atoms with Crippen LogP contribution in [0.2, 0.25) is 10.0 Å². The molecule has 2 fully saturated rings. The molecule has 1 aromatic rings. The van der Waals surface area contributed by atoms with Crippen LogP contribution in [0.5, 0.6) is 0 Å². The second-order valence-electron chi connectivity index (χ2n) is 7.37. The van der Waals surface area contributed by atoms with Crippen LogP contribution in [-0.2, 0) is 11.2 Å². The molecule has 0 radical (unpaired) electrons. The number of carbonyl (C=O) groups excluding carboxylic acids is 2.